The zero-order valence-corrected chi connectivity index (χ0v) is 10.8. The van der Waals surface area contributed by atoms with E-state index in [0.29, 0.717) is 6.04 Å². The lowest BCUT2D eigenvalue weighted by Crippen LogP contribution is -2.31. The predicted molar refractivity (Wildman–Crippen MR) is 69.7 cm³/mol. The minimum absolute atomic E-state index is 0.617. The van der Waals surface area contributed by atoms with Gasteiger partial charge in [0.15, 0.2) is 0 Å². The summed E-state index contributed by atoms with van der Waals surface area (Å²) in [5, 5.41) is 3.63. The summed E-state index contributed by atoms with van der Waals surface area (Å²) in [5.41, 5.74) is 2.74. The number of aryl methyl sites for hydroxylation is 1. The van der Waals surface area contributed by atoms with Gasteiger partial charge in [0.05, 0.1) is 0 Å². The van der Waals surface area contributed by atoms with Gasteiger partial charge in [0.1, 0.15) is 0 Å². The normalized spacial score (nSPS) is 12.7. The molecule has 0 radical (unpaired) electrons. The van der Waals surface area contributed by atoms with Gasteiger partial charge in [-0.2, -0.15) is 0 Å². The first-order valence-corrected chi connectivity index (χ1v) is 6.40. The van der Waals surface area contributed by atoms with Crippen LogP contribution in [0.15, 0.2) is 18.5 Å². The maximum atomic E-state index is 4.14. The zero-order chi connectivity index (χ0) is 11.8. The van der Waals surface area contributed by atoms with Gasteiger partial charge in [-0.05, 0) is 49.9 Å². The largest absolute Gasteiger partial charge is 0.314 e. The monoisotopic (exact) mass is 220 g/mol. The average molecular weight is 220 g/mol. The molecule has 1 unspecified atom stereocenters. The summed E-state index contributed by atoms with van der Waals surface area (Å²) in [5.74, 6) is 0. The second-order valence-electron chi connectivity index (χ2n) is 4.45. The van der Waals surface area contributed by atoms with Gasteiger partial charge in [-0.1, -0.05) is 20.3 Å². The highest BCUT2D eigenvalue weighted by Gasteiger charge is 2.08. The molecule has 0 amide bonds. The minimum atomic E-state index is 0.617. The molecule has 0 aliphatic rings. The molecular formula is C14H24N2. The van der Waals surface area contributed by atoms with Crippen LogP contribution in [-0.4, -0.2) is 17.6 Å². The third kappa shape index (κ3) is 4.31. The molecule has 1 aromatic heterocycles. The molecule has 0 spiro atoms. The standard InChI is InChI=1S/C14H24N2/c1-4-6-14(16-8-5-2)10-13-7-9-15-11-12(13)3/h7,9,11,14,16H,4-6,8,10H2,1-3H3. The minimum Gasteiger partial charge on any atom is -0.314 e. The van der Waals surface area contributed by atoms with E-state index < -0.39 is 0 Å². The SMILES string of the molecule is CCCNC(CCC)Cc1ccncc1C. The van der Waals surface area contributed by atoms with Gasteiger partial charge in [-0.25, -0.2) is 0 Å². The van der Waals surface area contributed by atoms with Gasteiger partial charge >= 0.3 is 0 Å². The van der Waals surface area contributed by atoms with Crippen LogP contribution in [0.5, 0.6) is 0 Å². The Morgan fingerprint density at radius 3 is 2.75 bits per heavy atom. The lowest BCUT2D eigenvalue weighted by molar-refractivity contribution is 0.472. The quantitative estimate of drug-likeness (QED) is 0.763. The van der Waals surface area contributed by atoms with Crippen LogP contribution in [0.4, 0.5) is 0 Å². The molecule has 1 rings (SSSR count). The first kappa shape index (κ1) is 13.2. The molecule has 0 saturated carbocycles. The molecule has 1 atom stereocenters. The van der Waals surface area contributed by atoms with E-state index in [1.54, 1.807) is 0 Å². The van der Waals surface area contributed by atoms with Crippen molar-refractivity contribution in [3.63, 3.8) is 0 Å². The number of hydrogen-bond donors (Lipinski definition) is 1. The van der Waals surface area contributed by atoms with Crippen molar-refractivity contribution in [2.75, 3.05) is 6.54 Å². The van der Waals surface area contributed by atoms with E-state index in [1.807, 2.05) is 12.4 Å². The van der Waals surface area contributed by atoms with Gasteiger partial charge in [0.25, 0.3) is 0 Å². The van der Waals surface area contributed by atoms with Crippen LogP contribution in [0.25, 0.3) is 0 Å². The van der Waals surface area contributed by atoms with Crippen LogP contribution in [0, 0.1) is 6.92 Å². The molecule has 90 valence electrons. The van der Waals surface area contributed by atoms with Gasteiger partial charge in [0.2, 0.25) is 0 Å². The summed E-state index contributed by atoms with van der Waals surface area (Å²) in [6, 6.07) is 2.76. The molecule has 0 aliphatic carbocycles. The first-order chi connectivity index (χ1) is 7.77. The Kier molecular flexibility index (Phi) is 6.09. The highest BCUT2D eigenvalue weighted by molar-refractivity contribution is 5.22. The fourth-order valence-corrected chi connectivity index (χ4v) is 1.97. The summed E-state index contributed by atoms with van der Waals surface area (Å²) < 4.78 is 0. The van der Waals surface area contributed by atoms with E-state index in [-0.39, 0.29) is 0 Å². The lowest BCUT2D eigenvalue weighted by atomic mass is 10.00. The van der Waals surface area contributed by atoms with Crippen molar-refractivity contribution in [1.29, 1.82) is 0 Å². The maximum absolute atomic E-state index is 4.14. The molecule has 2 nitrogen and oxygen atoms in total. The summed E-state index contributed by atoms with van der Waals surface area (Å²) >= 11 is 0. The topological polar surface area (TPSA) is 24.9 Å². The molecule has 0 fully saturated rings. The van der Waals surface area contributed by atoms with Crippen molar-refractivity contribution in [2.24, 2.45) is 0 Å². The van der Waals surface area contributed by atoms with Crippen LogP contribution in [-0.2, 0) is 6.42 Å². The fraction of sp³-hybridized carbons (Fsp3) is 0.643. The molecule has 0 saturated heterocycles. The maximum Gasteiger partial charge on any atom is 0.0299 e. The zero-order valence-electron chi connectivity index (χ0n) is 10.8. The van der Waals surface area contributed by atoms with E-state index >= 15 is 0 Å². The summed E-state index contributed by atoms with van der Waals surface area (Å²) in [4.78, 5) is 4.14. The van der Waals surface area contributed by atoms with Gasteiger partial charge in [-0.3, -0.25) is 4.98 Å². The smallest absolute Gasteiger partial charge is 0.0299 e. The average Bonchev–Trinajstić information content (AvgIpc) is 2.29. The molecule has 1 heterocycles. The molecular weight excluding hydrogens is 196 g/mol. The predicted octanol–water partition coefficient (Wildman–Crippen LogP) is 3.10. The van der Waals surface area contributed by atoms with Gasteiger partial charge in [-0.15, -0.1) is 0 Å². The van der Waals surface area contributed by atoms with Gasteiger partial charge in [0, 0.05) is 18.4 Å². The highest BCUT2D eigenvalue weighted by atomic mass is 14.9. The van der Waals surface area contributed by atoms with Crippen molar-refractivity contribution >= 4 is 0 Å². The van der Waals surface area contributed by atoms with E-state index in [4.69, 9.17) is 0 Å². The first-order valence-electron chi connectivity index (χ1n) is 6.40. The Bertz CT molecular complexity index is 297. The Morgan fingerprint density at radius 1 is 1.31 bits per heavy atom. The van der Waals surface area contributed by atoms with E-state index in [1.165, 1.54) is 30.4 Å². The third-order valence-corrected chi connectivity index (χ3v) is 2.92. The van der Waals surface area contributed by atoms with Crippen LogP contribution in [0.3, 0.4) is 0 Å². The molecule has 1 N–H and O–H groups in total. The summed E-state index contributed by atoms with van der Waals surface area (Å²) in [7, 11) is 0. The summed E-state index contributed by atoms with van der Waals surface area (Å²) in [6.07, 6.45) is 8.67. The highest BCUT2D eigenvalue weighted by Crippen LogP contribution is 2.11. The van der Waals surface area contributed by atoms with Crippen molar-refractivity contribution in [3.05, 3.63) is 29.6 Å². The van der Waals surface area contributed by atoms with Crippen LogP contribution < -0.4 is 5.32 Å². The molecule has 0 aliphatic heterocycles. The Labute approximate surface area is 99.5 Å². The van der Waals surface area contributed by atoms with Crippen LogP contribution >= 0.6 is 0 Å². The van der Waals surface area contributed by atoms with E-state index in [0.717, 1.165) is 13.0 Å². The third-order valence-electron chi connectivity index (χ3n) is 2.92. The van der Waals surface area contributed by atoms with E-state index in [2.05, 4.69) is 37.1 Å². The number of hydrogen-bond acceptors (Lipinski definition) is 2. The second kappa shape index (κ2) is 7.39. The fourth-order valence-electron chi connectivity index (χ4n) is 1.97. The number of nitrogens with zero attached hydrogens (tertiary/aromatic N) is 1. The number of pyridine rings is 1. The van der Waals surface area contributed by atoms with Crippen LogP contribution in [0.2, 0.25) is 0 Å². The molecule has 2 heteroatoms. The Morgan fingerprint density at radius 2 is 2.12 bits per heavy atom. The van der Waals surface area contributed by atoms with Gasteiger partial charge < -0.3 is 5.32 Å². The van der Waals surface area contributed by atoms with Crippen molar-refractivity contribution < 1.29 is 0 Å². The number of rotatable bonds is 7. The Balaban J connectivity index is 2.56. The number of nitrogens with one attached hydrogen (secondary N) is 1. The van der Waals surface area contributed by atoms with Crippen molar-refractivity contribution in [1.82, 2.24) is 10.3 Å². The number of aromatic nitrogens is 1. The lowest BCUT2D eigenvalue weighted by Gasteiger charge is -2.18. The molecule has 16 heavy (non-hydrogen) atoms. The Hall–Kier alpha value is -0.890. The molecule has 0 bridgehead atoms. The van der Waals surface area contributed by atoms with Crippen molar-refractivity contribution in [2.45, 2.75) is 52.5 Å². The second-order valence-corrected chi connectivity index (χ2v) is 4.45. The summed E-state index contributed by atoms with van der Waals surface area (Å²) in [6.45, 7) is 7.73. The molecule has 0 aromatic carbocycles. The molecule has 1 aromatic rings. The van der Waals surface area contributed by atoms with Crippen LogP contribution in [0.1, 0.15) is 44.2 Å². The van der Waals surface area contributed by atoms with E-state index in [9.17, 15) is 0 Å². The van der Waals surface area contributed by atoms with Crippen molar-refractivity contribution in [3.8, 4) is 0 Å².